The van der Waals surface area contributed by atoms with Crippen molar-refractivity contribution in [2.24, 2.45) is 0 Å². The fourth-order valence-electron chi connectivity index (χ4n) is 11.9. The minimum Gasteiger partial charge on any atom is -0.265 e. The summed E-state index contributed by atoms with van der Waals surface area (Å²) in [4.78, 5) is 15.0. The van der Waals surface area contributed by atoms with E-state index in [9.17, 15) is 0 Å². The lowest BCUT2D eigenvalue weighted by atomic mass is 9.85. The molecule has 0 bridgehead atoms. The molecular formula is C71H43N3. The minimum absolute atomic E-state index is 0.673. The molecule has 0 unspecified atom stereocenters. The maximum Gasteiger partial charge on any atom is 0.160 e. The normalized spacial score (nSPS) is 11.8. The van der Waals surface area contributed by atoms with E-state index < -0.39 is 0 Å². The van der Waals surface area contributed by atoms with Gasteiger partial charge in [-0.15, -0.1) is 0 Å². The topological polar surface area (TPSA) is 38.7 Å². The Morgan fingerprint density at radius 1 is 0.203 bits per heavy atom. The van der Waals surface area contributed by atoms with Crippen LogP contribution in [0.2, 0.25) is 0 Å². The van der Waals surface area contributed by atoms with Gasteiger partial charge in [-0.25, -0.2) is 9.97 Å². The van der Waals surface area contributed by atoms with Crippen LogP contribution in [0.4, 0.5) is 0 Å². The van der Waals surface area contributed by atoms with Crippen LogP contribution >= 0.6 is 0 Å². The molecule has 13 aromatic carbocycles. The van der Waals surface area contributed by atoms with Crippen molar-refractivity contribution in [3.8, 4) is 67.3 Å². The summed E-state index contributed by atoms with van der Waals surface area (Å²) in [5, 5.41) is 19.9. The average molecular weight is 938 g/mol. The monoisotopic (exact) mass is 937 g/mol. The smallest absolute Gasteiger partial charge is 0.160 e. The molecule has 15 aromatic rings. The molecule has 2 aromatic heterocycles. The van der Waals surface area contributed by atoms with Gasteiger partial charge in [0.1, 0.15) is 0 Å². The van der Waals surface area contributed by atoms with Crippen LogP contribution in [0.25, 0.3) is 153 Å². The number of fused-ring (bicyclic) bond motifs is 16. The van der Waals surface area contributed by atoms with E-state index in [0.29, 0.717) is 5.82 Å². The lowest BCUT2D eigenvalue weighted by Crippen LogP contribution is -1.97. The van der Waals surface area contributed by atoms with Crippen molar-refractivity contribution >= 4 is 86.2 Å². The third-order valence-electron chi connectivity index (χ3n) is 15.3. The van der Waals surface area contributed by atoms with Crippen LogP contribution in [0.15, 0.2) is 261 Å². The van der Waals surface area contributed by atoms with E-state index in [0.717, 1.165) is 50.3 Å². The van der Waals surface area contributed by atoms with Crippen LogP contribution in [0.5, 0.6) is 0 Å². The number of pyridine rings is 1. The van der Waals surface area contributed by atoms with Crippen LogP contribution < -0.4 is 0 Å². The van der Waals surface area contributed by atoms with Gasteiger partial charge in [0, 0.05) is 29.1 Å². The molecule has 0 saturated heterocycles. The molecule has 3 heteroatoms. The Kier molecular flexibility index (Phi) is 9.57. The van der Waals surface area contributed by atoms with Gasteiger partial charge in [-0.2, -0.15) is 0 Å². The van der Waals surface area contributed by atoms with E-state index in [1.54, 1.807) is 0 Å². The molecule has 0 aliphatic rings. The summed E-state index contributed by atoms with van der Waals surface area (Å²) in [6.45, 7) is 0. The summed E-state index contributed by atoms with van der Waals surface area (Å²) in [5.41, 5.74) is 11.5. The summed E-state index contributed by atoms with van der Waals surface area (Å²) in [6.07, 6.45) is 3.68. The minimum atomic E-state index is 0.673. The predicted octanol–water partition coefficient (Wildman–Crippen LogP) is 19.1. The Bertz CT molecular complexity index is 4540. The van der Waals surface area contributed by atoms with Crippen LogP contribution in [0.3, 0.4) is 0 Å². The van der Waals surface area contributed by atoms with Gasteiger partial charge in [-0.05, 0) is 168 Å². The largest absolute Gasteiger partial charge is 0.265 e. The Hall–Kier alpha value is -9.83. The number of rotatable bonds is 6. The predicted molar refractivity (Wildman–Crippen MR) is 312 cm³/mol. The van der Waals surface area contributed by atoms with E-state index in [1.165, 1.54) is 97.3 Å². The number of benzene rings is 13. The Balaban J connectivity index is 1.05. The summed E-state index contributed by atoms with van der Waals surface area (Å²) in [5.74, 6) is 0.673. The molecule has 0 fully saturated rings. The van der Waals surface area contributed by atoms with Crippen LogP contribution in [-0.4, -0.2) is 15.0 Å². The molecule has 74 heavy (non-hydrogen) atoms. The second-order valence-corrected chi connectivity index (χ2v) is 19.4. The highest BCUT2D eigenvalue weighted by Crippen LogP contribution is 2.47. The van der Waals surface area contributed by atoms with E-state index in [-0.39, 0.29) is 0 Å². The molecule has 0 N–H and O–H groups in total. The fraction of sp³-hybridized carbons (Fsp3) is 0. The van der Waals surface area contributed by atoms with Gasteiger partial charge < -0.3 is 0 Å². The number of nitrogens with zero attached hydrogens (tertiary/aromatic N) is 3. The van der Waals surface area contributed by atoms with E-state index >= 15 is 0 Å². The number of hydrogen-bond donors (Lipinski definition) is 0. The zero-order valence-electron chi connectivity index (χ0n) is 40.2. The van der Waals surface area contributed by atoms with Crippen molar-refractivity contribution in [2.75, 3.05) is 0 Å². The summed E-state index contributed by atoms with van der Waals surface area (Å²) in [6, 6.07) is 90.9. The molecule has 3 nitrogen and oxygen atoms in total. The lowest BCUT2D eigenvalue weighted by molar-refractivity contribution is 1.18. The highest BCUT2D eigenvalue weighted by Gasteiger charge is 2.21. The van der Waals surface area contributed by atoms with Gasteiger partial charge in [0.15, 0.2) is 5.82 Å². The number of hydrogen-bond acceptors (Lipinski definition) is 3. The van der Waals surface area contributed by atoms with E-state index in [4.69, 9.17) is 9.97 Å². The van der Waals surface area contributed by atoms with Crippen LogP contribution in [-0.2, 0) is 0 Å². The highest BCUT2D eigenvalue weighted by molar-refractivity contribution is 6.34. The zero-order chi connectivity index (χ0) is 48.7. The van der Waals surface area contributed by atoms with Crippen LogP contribution in [0, 0.1) is 0 Å². The van der Waals surface area contributed by atoms with Gasteiger partial charge in [0.2, 0.25) is 0 Å². The molecule has 2 heterocycles. The number of aromatic nitrogens is 3. The van der Waals surface area contributed by atoms with Crippen molar-refractivity contribution in [1.82, 2.24) is 15.0 Å². The first kappa shape index (κ1) is 41.9. The third kappa shape index (κ3) is 6.71. The third-order valence-corrected chi connectivity index (χ3v) is 15.3. The molecule has 342 valence electrons. The first-order valence-corrected chi connectivity index (χ1v) is 25.3. The Morgan fingerprint density at radius 2 is 0.541 bits per heavy atom. The van der Waals surface area contributed by atoms with Crippen molar-refractivity contribution in [1.29, 1.82) is 0 Å². The van der Waals surface area contributed by atoms with Gasteiger partial charge in [0.05, 0.1) is 11.4 Å². The van der Waals surface area contributed by atoms with Crippen molar-refractivity contribution in [3.63, 3.8) is 0 Å². The quantitative estimate of drug-likeness (QED) is 0.156. The van der Waals surface area contributed by atoms with Crippen molar-refractivity contribution < 1.29 is 0 Å². The first-order chi connectivity index (χ1) is 36.7. The fourth-order valence-corrected chi connectivity index (χ4v) is 11.9. The maximum absolute atomic E-state index is 5.49. The Morgan fingerprint density at radius 3 is 1.01 bits per heavy atom. The second-order valence-electron chi connectivity index (χ2n) is 19.4. The molecule has 0 amide bonds. The van der Waals surface area contributed by atoms with Crippen molar-refractivity contribution in [3.05, 3.63) is 261 Å². The summed E-state index contributed by atoms with van der Waals surface area (Å²) in [7, 11) is 0. The molecule has 0 radical (unpaired) electrons. The van der Waals surface area contributed by atoms with E-state index in [1.807, 2.05) is 30.6 Å². The molecular weight excluding hydrogens is 895 g/mol. The SMILES string of the molecule is c1ccc(-c2nc(-c3ccc(-c4ccncc4)cc3)cc(-c3cc(-c4cc5c6ccccc6c6ccccc6c5c5ccccc45)cc(-c4cc5c6ccccc6c6ccccc6c5c5ccccc45)c3)n2)cc1. The maximum atomic E-state index is 5.49. The van der Waals surface area contributed by atoms with Gasteiger partial charge in [-0.1, -0.05) is 200 Å². The molecule has 0 saturated carbocycles. The molecule has 15 rings (SSSR count). The van der Waals surface area contributed by atoms with Gasteiger partial charge in [-0.3, -0.25) is 4.98 Å². The van der Waals surface area contributed by atoms with Gasteiger partial charge >= 0.3 is 0 Å². The second kappa shape index (κ2) is 16.9. The highest BCUT2D eigenvalue weighted by atomic mass is 14.9. The summed E-state index contributed by atoms with van der Waals surface area (Å²) < 4.78 is 0. The molecule has 0 spiro atoms. The summed E-state index contributed by atoms with van der Waals surface area (Å²) >= 11 is 0. The van der Waals surface area contributed by atoms with Gasteiger partial charge in [0.25, 0.3) is 0 Å². The molecule has 0 aliphatic carbocycles. The molecule has 0 aliphatic heterocycles. The van der Waals surface area contributed by atoms with E-state index in [2.05, 4.69) is 236 Å². The van der Waals surface area contributed by atoms with Crippen LogP contribution in [0.1, 0.15) is 0 Å². The zero-order valence-corrected chi connectivity index (χ0v) is 40.2. The molecule has 0 atom stereocenters. The standard InChI is InChI=1S/C71H43N3/c1-2-16-47(17-3-1)71-73-67(46-32-30-44(31-33-46)45-34-36-72-37-35-45)43-68(74-71)50-39-48(63-41-65-55-22-6-4-18-51(55)53-20-8-12-26-59(53)69(65)61-28-14-10-24-57(61)63)38-49(40-50)64-42-66-56-23-7-5-19-52(56)54-21-9-13-27-60(54)70(66)62-29-15-11-25-58(62)64/h1-43H. The first-order valence-electron chi connectivity index (χ1n) is 25.3. The Labute approximate surface area is 427 Å². The van der Waals surface area contributed by atoms with Crippen molar-refractivity contribution in [2.45, 2.75) is 0 Å². The average Bonchev–Trinajstić information content (AvgIpc) is 3.50. The lowest BCUT2D eigenvalue weighted by Gasteiger charge is -2.19.